The monoisotopic (exact) mass is 194 g/mol. The van der Waals surface area contributed by atoms with Crippen LogP contribution in [0.25, 0.3) is 0 Å². The summed E-state index contributed by atoms with van der Waals surface area (Å²) in [5.74, 6) is 0. The second-order valence-corrected chi connectivity index (χ2v) is 3.28. The van der Waals surface area contributed by atoms with E-state index in [0.29, 0.717) is 0 Å². The molecule has 0 heterocycles. The number of rotatable bonds is 2. The molecule has 68 valence electrons. The van der Waals surface area contributed by atoms with Crippen molar-refractivity contribution in [2.45, 2.75) is 13.8 Å². The maximum atomic E-state index is 5.72. The summed E-state index contributed by atoms with van der Waals surface area (Å²) in [5.41, 5.74) is 1.93. The molecule has 0 N–H and O–H groups in total. The first-order chi connectivity index (χ1) is 6.18. The molecule has 0 aromatic heterocycles. The van der Waals surface area contributed by atoms with Crippen LogP contribution in [0.1, 0.15) is 19.4 Å². The number of hydrogen-bond donors (Lipinski definition) is 0. The Hall–Kier alpha value is -1.15. The Kier molecular flexibility index (Phi) is 3.65. The van der Waals surface area contributed by atoms with Crippen LogP contribution in [0.4, 0.5) is 0 Å². The van der Waals surface area contributed by atoms with Gasteiger partial charge in [-0.25, -0.2) is 0 Å². The van der Waals surface area contributed by atoms with Gasteiger partial charge in [-0.2, -0.15) is 10.2 Å². The van der Waals surface area contributed by atoms with Gasteiger partial charge in [0.25, 0.3) is 0 Å². The molecule has 0 fully saturated rings. The quantitative estimate of drug-likeness (QED) is 0.511. The van der Waals surface area contributed by atoms with Crippen molar-refractivity contribution in [3.63, 3.8) is 0 Å². The fraction of sp³-hybridized carbons (Fsp3) is 0.200. The minimum absolute atomic E-state index is 0.729. The smallest absolute Gasteiger partial charge is 0.0568 e. The van der Waals surface area contributed by atoms with Crippen LogP contribution >= 0.6 is 11.6 Å². The summed E-state index contributed by atoms with van der Waals surface area (Å²) in [6.07, 6.45) is 1.70. The lowest BCUT2D eigenvalue weighted by molar-refractivity contribution is 1.23. The summed E-state index contributed by atoms with van der Waals surface area (Å²) in [7, 11) is 0. The van der Waals surface area contributed by atoms with Crippen LogP contribution in [0, 0.1) is 0 Å². The van der Waals surface area contributed by atoms with Gasteiger partial charge in [0.1, 0.15) is 0 Å². The van der Waals surface area contributed by atoms with E-state index in [-0.39, 0.29) is 0 Å². The second kappa shape index (κ2) is 4.77. The molecule has 0 saturated carbocycles. The highest BCUT2D eigenvalue weighted by molar-refractivity contribution is 6.30. The van der Waals surface area contributed by atoms with Gasteiger partial charge in [0.2, 0.25) is 0 Å². The maximum Gasteiger partial charge on any atom is 0.0568 e. The van der Waals surface area contributed by atoms with Gasteiger partial charge in [0, 0.05) is 10.7 Å². The van der Waals surface area contributed by atoms with Crippen molar-refractivity contribution < 1.29 is 0 Å². The molecule has 1 aromatic carbocycles. The van der Waals surface area contributed by atoms with Gasteiger partial charge in [0.15, 0.2) is 0 Å². The number of hydrogen-bond acceptors (Lipinski definition) is 2. The summed E-state index contributed by atoms with van der Waals surface area (Å²) in [6, 6.07) is 7.44. The first-order valence-corrected chi connectivity index (χ1v) is 4.36. The number of halogens is 1. The third-order valence-corrected chi connectivity index (χ3v) is 1.59. The molecule has 0 aliphatic carbocycles. The lowest BCUT2D eigenvalue weighted by Gasteiger charge is -1.90. The molecule has 1 rings (SSSR count). The lowest BCUT2D eigenvalue weighted by atomic mass is 10.2. The van der Waals surface area contributed by atoms with E-state index in [4.69, 9.17) is 11.6 Å². The number of benzene rings is 1. The Balaban J connectivity index is 2.70. The molecule has 0 saturated heterocycles. The zero-order chi connectivity index (χ0) is 9.68. The molecule has 0 aliphatic heterocycles. The Morgan fingerprint density at radius 2 is 1.85 bits per heavy atom. The second-order valence-electron chi connectivity index (χ2n) is 2.84. The molecule has 0 bridgehead atoms. The van der Waals surface area contributed by atoms with E-state index in [1.807, 2.05) is 38.1 Å². The predicted molar refractivity (Wildman–Crippen MR) is 57.8 cm³/mol. The average molecular weight is 195 g/mol. The molecular weight excluding hydrogens is 184 g/mol. The summed E-state index contributed by atoms with van der Waals surface area (Å²) >= 11 is 5.72. The van der Waals surface area contributed by atoms with Gasteiger partial charge in [-0.05, 0) is 31.5 Å². The molecular formula is C10H11ClN2. The SMILES string of the molecule is CC(C)=N/N=C/c1ccc(Cl)cc1. The Bertz CT molecular complexity index is 321. The molecule has 0 atom stereocenters. The summed E-state index contributed by atoms with van der Waals surface area (Å²) in [5, 5.41) is 8.52. The van der Waals surface area contributed by atoms with Gasteiger partial charge < -0.3 is 0 Å². The predicted octanol–water partition coefficient (Wildman–Crippen LogP) is 3.15. The average Bonchev–Trinajstić information content (AvgIpc) is 2.08. The Morgan fingerprint density at radius 3 is 2.38 bits per heavy atom. The fourth-order valence-electron chi connectivity index (χ4n) is 0.760. The van der Waals surface area contributed by atoms with E-state index in [0.717, 1.165) is 16.3 Å². The van der Waals surface area contributed by atoms with E-state index in [9.17, 15) is 0 Å². The largest absolute Gasteiger partial charge is 0.161 e. The van der Waals surface area contributed by atoms with Crippen LogP contribution < -0.4 is 0 Å². The minimum atomic E-state index is 0.729. The third kappa shape index (κ3) is 3.85. The molecule has 0 aliphatic rings. The highest BCUT2D eigenvalue weighted by Gasteiger charge is 1.87. The van der Waals surface area contributed by atoms with Crippen LogP contribution in [0.15, 0.2) is 34.5 Å². The Morgan fingerprint density at radius 1 is 1.23 bits per heavy atom. The van der Waals surface area contributed by atoms with Gasteiger partial charge in [-0.3, -0.25) is 0 Å². The van der Waals surface area contributed by atoms with Crippen LogP contribution in [-0.4, -0.2) is 11.9 Å². The standard InChI is InChI=1S/C10H11ClN2/c1-8(2)13-12-7-9-3-5-10(11)6-4-9/h3-7H,1-2H3/b12-7+. The normalized spacial score (nSPS) is 10.4. The van der Waals surface area contributed by atoms with Crippen LogP contribution in [0.5, 0.6) is 0 Å². The maximum absolute atomic E-state index is 5.72. The van der Waals surface area contributed by atoms with E-state index in [2.05, 4.69) is 10.2 Å². The summed E-state index contributed by atoms with van der Waals surface area (Å²) < 4.78 is 0. The molecule has 0 unspecified atom stereocenters. The third-order valence-electron chi connectivity index (χ3n) is 1.33. The summed E-state index contributed by atoms with van der Waals surface area (Å²) in [4.78, 5) is 0. The molecule has 0 amide bonds. The molecule has 0 radical (unpaired) electrons. The van der Waals surface area contributed by atoms with E-state index >= 15 is 0 Å². The van der Waals surface area contributed by atoms with Crippen molar-refractivity contribution in [1.29, 1.82) is 0 Å². The van der Waals surface area contributed by atoms with Crippen molar-refractivity contribution in [3.05, 3.63) is 34.9 Å². The molecule has 0 spiro atoms. The van der Waals surface area contributed by atoms with Gasteiger partial charge >= 0.3 is 0 Å². The van der Waals surface area contributed by atoms with Crippen LogP contribution in [0.2, 0.25) is 5.02 Å². The fourth-order valence-corrected chi connectivity index (χ4v) is 0.886. The van der Waals surface area contributed by atoms with Crippen molar-refractivity contribution in [2.24, 2.45) is 10.2 Å². The minimum Gasteiger partial charge on any atom is -0.161 e. The molecule has 1 aromatic rings. The van der Waals surface area contributed by atoms with E-state index in [1.54, 1.807) is 6.21 Å². The van der Waals surface area contributed by atoms with E-state index < -0.39 is 0 Å². The van der Waals surface area contributed by atoms with Gasteiger partial charge in [-0.15, -0.1) is 0 Å². The van der Waals surface area contributed by atoms with Crippen molar-refractivity contribution >= 4 is 23.5 Å². The van der Waals surface area contributed by atoms with E-state index in [1.165, 1.54) is 0 Å². The van der Waals surface area contributed by atoms with Crippen LogP contribution in [0.3, 0.4) is 0 Å². The summed E-state index contributed by atoms with van der Waals surface area (Å²) in [6.45, 7) is 3.80. The lowest BCUT2D eigenvalue weighted by Crippen LogP contribution is -1.80. The zero-order valence-electron chi connectivity index (χ0n) is 7.66. The number of nitrogens with zero attached hydrogens (tertiary/aromatic N) is 2. The van der Waals surface area contributed by atoms with Crippen molar-refractivity contribution in [1.82, 2.24) is 0 Å². The van der Waals surface area contributed by atoms with Gasteiger partial charge in [0.05, 0.1) is 6.21 Å². The molecule has 2 nitrogen and oxygen atoms in total. The van der Waals surface area contributed by atoms with Gasteiger partial charge in [-0.1, -0.05) is 23.7 Å². The molecule has 13 heavy (non-hydrogen) atoms. The Labute approximate surface area is 83.0 Å². The first-order valence-electron chi connectivity index (χ1n) is 3.98. The van der Waals surface area contributed by atoms with Crippen LogP contribution in [-0.2, 0) is 0 Å². The topological polar surface area (TPSA) is 24.7 Å². The zero-order valence-corrected chi connectivity index (χ0v) is 8.42. The first kappa shape index (κ1) is 9.93. The molecule has 3 heteroatoms. The highest BCUT2D eigenvalue weighted by Crippen LogP contribution is 2.07. The van der Waals surface area contributed by atoms with Crippen molar-refractivity contribution in [3.8, 4) is 0 Å². The highest BCUT2D eigenvalue weighted by atomic mass is 35.5. The van der Waals surface area contributed by atoms with Crippen molar-refractivity contribution in [2.75, 3.05) is 0 Å².